The number of hydrogen-bond donors (Lipinski definition) is 2. The molecule has 1 aliphatic carbocycles. The Hall–Kier alpha value is -1.26. The first-order chi connectivity index (χ1) is 9.93. The Morgan fingerprint density at radius 2 is 2.00 bits per heavy atom. The first kappa shape index (κ1) is 17.8. The molecule has 21 heavy (non-hydrogen) atoms. The van der Waals surface area contributed by atoms with Gasteiger partial charge in [-0.05, 0) is 37.5 Å². The van der Waals surface area contributed by atoms with E-state index in [9.17, 15) is 9.59 Å². The number of rotatable bonds is 10. The molecule has 2 N–H and O–H groups in total. The topological polar surface area (TPSA) is 69.6 Å². The maximum Gasteiger partial charge on any atom is 0.317 e. The maximum absolute atomic E-state index is 12.3. The summed E-state index contributed by atoms with van der Waals surface area (Å²) < 4.78 is 0. The first-order valence-electron chi connectivity index (χ1n) is 8.20. The zero-order valence-corrected chi connectivity index (χ0v) is 13.6. The van der Waals surface area contributed by atoms with Crippen molar-refractivity contribution in [2.75, 3.05) is 13.1 Å². The van der Waals surface area contributed by atoms with Crippen LogP contribution in [-0.4, -0.2) is 41.1 Å². The second kappa shape index (κ2) is 8.90. The highest BCUT2D eigenvalue weighted by molar-refractivity contribution is 5.75. The molecule has 122 valence electrons. The molecule has 0 aromatic rings. The summed E-state index contributed by atoms with van der Waals surface area (Å²) in [5.74, 6) is -0.343. The maximum atomic E-state index is 12.3. The number of amides is 2. The van der Waals surface area contributed by atoms with Gasteiger partial charge in [0.25, 0.3) is 0 Å². The fourth-order valence-corrected chi connectivity index (χ4v) is 2.65. The lowest BCUT2D eigenvalue weighted by Gasteiger charge is -2.25. The minimum atomic E-state index is -0.792. The molecule has 1 saturated carbocycles. The predicted octanol–water partition coefficient (Wildman–Crippen LogP) is 3.10. The van der Waals surface area contributed by atoms with Gasteiger partial charge in [0.1, 0.15) is 0 Å². The van der Waals surface area contributed by atoms with Gasteiger partial charge < -0.3 is 15.3 Å². The van der Waals surface area contributed by atoms with Crippen molar-refractivity contribution >= 4 is 12.0 Å². The van der Waals surface area contributed by atoms with E-state index >= 15 is 0 Å². The Morgan fingerprint density at radius 3 is 2.48 bits per heavy atom. The molecule has 0 saturated heterocycles. The van der Waals surface area contributed by atoms with Gasteiger partial charge in [-0.2, -0.15) is 0 Å². The number of urea groups is 1. The van der Waals surface area contributed by atoms with E-state index in [4.69, 9.17) is 5.11 Å². The summed E-state index contributed by atoms with van der Waals surface area (Å²) in [6.07, 6.45) is 5.24. The van der Waals surface area contributed by atoms with E-state index in [1.807, 2.05) is 4.90 Å². The molecular formula is C16H30N2O3. The zero-order valence-electron chi connectivity index (χ0n) is 13.6. The minimum Gasteiger partial charge on any atom is -0.481 e. The van der Waals surface area contributed by atoms with Gasteiger partial charge in [0, 0.05) is 25.6 Å². The highest BCUT2D eigenvalue weighted by Gasteiger charge is 2.32. The van der Waals surface area contributed by atoms with Crippen LogP contribution in [-0.2, 0) is 4.79 Å². The van der Waals surface area contributed by atoms with E-state index in [-0.39, 0.29) is 18.4 Å². The van der Waals surface area contributed by atoms with Crippen LogP contribution in [0.4, 0.5) is 4.79 Å². The largest absolute Gasteiger partial charge is 0.481 e. The van der Waals surface area contributed by atoms with Crippen molar-refractivity contribution in [2.24, 2.45) is 11.8 Å². The summed E-state index contributed by atoms with van der Waals surface area (Å²) >= 11 is 0. The third-order valence-electron chi connectivity index (χ3n) is 3.81. The second-order valence-electron chi connectivity index (χ2n) is 6.56. The van der Waals surface area contributed by atoms with Crippen molar-refractivity contribution in [3.05, 3.63) is 0 Å². The average molecular weight is 298 g/mol. The Kier molecular flexibility index (Phi) is 7.54. The van der Waals surface area contributed by atoms with Gasteiger partial charge in [0.05, 0.1) is 0 Å². The first-order valence-corrected chi connectivity index (χ1v) is 8.20. The summed E-state index contributed by atoms with van der Waals surface area (Å²) in [4.78, 5) is 25.1. The van der Waals surface area contributed by atoms with Gasteiger partial charge in [0.15, 0.2) is 0 Å². The van der Waals surface area contributed by atoms with E-state index in [1.165, 1.54) is 0 Å². The van der Waals surface area contributed by atoms with Crippen molar-refractivity contribution in [2.45, 2.75) is 65.3 Å². The number of nitrogens with zero attached hydrogens (tertiary/aromatic N) is 1. The SMILES string of the molecule is CCCCN(C(=O)NC[C@H](CC(=O)O)CC(C)C)C1CC1. The molecule has 1 rings (SSSR count). The smallest absolute Gasteiger partial charge is 0.317 e. The molecular weight excluding hydrogens is 268 g/mol. The lowest BCUT2D eigenvalue weighted by Crippen LogP contribution is -2.43. The van der Waals surface area contributed by atoms with Crippen LogP contribution in [0.1, 0.15) is 59.3 Å². The molecule has 1 aliphatic rings. The van der Waals surface area contributed by atoms with E-state index in [0.717, 1.165) is 38.6 Å². The van der Waals surface area contributed by atoms with Crippen molar-refractivity contribution in [1.82, 2.24) is 10.2 Å². The third-order valence-corrected chi connectivity index (χ3v) is 3.81. The predicted molar refractivity (Wildman–Crippen MR) is 83.2 cm³/mol. The van der Waals surface area contributed by atoms with Crippen molar-refractivity contribution in [3.63, 3.8) is 0 Å². The normalized spacial score (nSPS) is 15.8. The van der Waals surface area contributed by atoms with E-state index in [0.29, 0.717) is 18.5 Å². The molecule has 5 heteroatoms. The number of carboxylic acids is 1. The molecule has 0 bridgehead atoms. The number of nitrogens with one attached hydrogen (secondary N) is 1. The van der Waals surface area contributed by atoms with Crippen LogP contribution in [0.3, 0.4) is 0 Å². The van der Waals surface area contributed by atoms with Crippen LogP contribution in [0.15, 0.2) is 0 Å². The Balaban J connectivity index is 2.44. The molecule has 0 unspecified atom stereocenters. The summed E-state index contributed by atoms with van der Waals surface area (Å²) in [6, 6.07) is 0.379. The van der Waals surface area contributed by atoms with Gasteiger partial charge in [-0.3, -0.25) is 4.79 Å². The van der Waals surface area contributed by atoms with E-state index < -0.39 is 5.97 Å². The highest BCUT2D eigenvalue weighted by atomic mass is 16.4. The second-order valence-corrected chi connectivity index (χ2v) is 6.56. The highest BCUT2D eigenvalue weighted by Crippen LogP contribution is 2.27. The number of unbranched alkanes of at least 4 members (excludes halogenated alkanes) is 1. The van der Waals surface area contributed by atoms with Gasteiger partial charge >= 0.3 is 12.0 Å². The molecule has 2 amide bonds. The summed E-state index contributed by atoms with van der Waals surface area (Å²) in [7, 11) is 0. The van der Waals surface area contributed by atoms with Crippen LogP contribution >= 0.6 is 0 Å². The molecule has 0 aliphatic heterocycles. The lowest BCUT2D eigenvalue weighted by molar-refractivity contribution is -0.138. The number of aliphatic carboxylic acids is 1. The zero-order chi connectivity index (χ0) is 15.8. The lowest BCUT2D eigenvalue weighted by atomic mass is 9.94. The number of carbonyl (C=O) groups is 2. The Labute approximate surface area is 128 Å². The van der Waals surface area contributed by atoms with Crippen molar-refractivity contribution in [3.8, 4) is 0 Å². The Morgan fingerprint density at radius 1 is 1.33 bits per heavy atom. The quantitative estimate of drug-likeness (QED) is 0.651. The third kappa shape index (κ3) is 7.34. The van der Waals surface area contributed by atoms with Gasteiger partial charge in [-0.15, -0.1) is 0 Å². The van der Waals surface area contributed by atoms with Crippen molar-refractivity contribution in [1.29, 1.82) is 0 Å². The molecule has 1 atom stereocenters. The average Bonchev–Trinajstić information content (AvgIpc) is 3.19. The fraction of sp³-hybridized carbons (Fsp3) is 0.875. The number of carbonyl (C=O) groups excluding carboxylic acids is 1. The van der Waals surface area contributed by atoms with Crippen LogP contribution in [0.5, 0.6) is 0 Å². The van der Waals surface area contributed by atoms with Crippen LogP contribution < -0.4 is 5.32 Å². The molecule has 1 fully saturated rings. The molecule has 5 nitrogen and oxygen atoms in total. The molecule has 0 heterocycles. The monoisotopic (exact) mass is 298 g/mol. The number of hydrogen-bond acceptors (Lipinski definition) is 2. The minimum absolute atomic E-state index is 0.0127. The van der Waals surface area contributed by atoms with E-state index in [1.54, 1.807) is 0 Å². The van der Waals surface area contributed by atoms with Gasteiger partial charge in [-0.1, -0.05) is 27.2 Å². The van der Waals surface area contributed by atoms with Gasteiger partial charge in [0.2, 0.25) is 0 Å². The van der Waals surface area contributed by atoms with Gasteiger partial charge in [-0.25, -0.2) is 4.79 Å². The molecule has 0 radical (unpaired) electrons. The Bertz CT molecular complexity index is 340. The van der Waals surface area contributed by atoms with Crippen LogP contribution in [0.2, 0.25) is 0 Å². The fourth-order valence-electron chi connectivity index (χ4n) is 2.65. The standard InChI is InChI=1S/C16H30N2O3/c1-4-5-8-18(14-6-7-14)16(21)17-11-13(9-12(2)3)10-15(19)20/h12-14H,4-11H2,1-3H3,(H,17,21)(H,19,20)/t13-/m0/s1. The summed E-state index contributed by atoms with van der Waals surface area (Å²) in [6.45, 7) is 7.54. The van der Waals surface area contributed by atoms with Crippen molar-refractivity contribution < 1.29 is 14.7 Å². The molecule has 0 spiro atoms. The molecule has 0 aromatic heterocycles. The summed E-state index contributed by atoms with van der Waals surface area (Å²) in [5.41, 5.74) is 0. The number of carboxylic acid groups (broad SMARTS) is 1. The van der Waals surface area contributed by atoms with E-state index in [2.05, 4.69) is 26.1 Å². The summed E-state index contributed by atoms with van der Waals surface area (Å²) in [5, 5.41) is 11.9. The van der Waals surface area contributed by atoms with Crippen LogP contribution in [0, 0.1) is 11.8 Å². The van der Waals surface area contributed by atoms with Crippen LogP contribution in [0.25, 0.3) is 0 Å². The molecule has 0 aromatic carbocycles.